The van der Waals surface area contributed by atoms with Crippen LogP contribution >= 0.6 is 15.9 Å². The van der Waals surface area contributed by atoms with Gasteiger partial charge in [-0.25, -0.2) is 0 Å². The van der Waals surface area contributed by atoms with Gasteiger partial charge in [-0.2, -0.15) is 0 Å². The minimum absolute atomic E-state index is 0.0334. The lowest BCUT2D eigenvalue weighted by Gasteiger charge is -2.25. The van der Waals surface area contributed by atoms with Gasteiger partial charge in [-0.1, -0.05) is 34.1 Å². The molecule has 0 aliphatic heterocycles. The van der Waals surface area contributed by atoms with Crippen LogP contribution in [0, 0.1) is 0 Å². The fourth-order valence-electron chi connectivity index (χ4n) is 2.14. The van der Waals surface area contributed by atoms with E-state index in [-0.39, 0.29) is 24.1 Å². The van der Waals surface area contributed by atoms with Crippen molar-refractivity contribution in [2.45, 2.75) is 12.5 Å². The van der Waals surface area contributed by atoms with Crippen molar-refractivity contribution in [3.05, 3.63) is 63.9 Å². The van der Waals surface area contributed by atoms with Gasteiger partial charge in [-0.3, -0.25) is 14.6 Å². The van der Waals surface area contributed by atoms with E-state index in [4.69, 9.17) is 0 Å². The summed E-state index contributed by atoms with van der Waals surface area (Å²) in [5.74, 6) is -0.697. The number of nitrogens with one attached hydrogen (secondary N) is 2. The van der Waals surface area contributed by atoms with Crippen molar-refractivity contribution >= 4 is 27.7 Å². The van der Waals surface area contributed by atoms with Crippen LogP contribution in [0.2, 0.25) is 0 Å². The number of pyridine rings is 1. The molecule has 1 aromatic carbocycles. The molecular weight excluding hydrogens is 374 g/mol. The van der Waals surface area contributed by atoms with Gasteiger partial charge in [-0.05, 0) is 30.7 Å². The summed E-state index contributed by atoms with van der Waals surface area (Å²) in [5, 5.41) is 15.7. The van der Waals surface area contributed by atoms with Crippen LogP contribution in [-0.2, 0) is 5.60 Å². The Morgan fingerprint density at radius 3 is 2.50 bits per heavy atom. The first-order chi connectivity index (χ1) is 11.3. The molecule has 0 saturated carbocycles. The topological polar surface area (TPSA) is 91.3 Å². The fourth-order valence-corrected chi connectivity index (χ4v) is 2.85. The highest BCUT2D eigenvalue weighted by atomic mass is 79.9. The number of hydrogen-bond donors (Lipinski definition) is 3. The standard InChI is InChI=1S/C17H18BrN3O3/c1-17(24,12-5-3-4-6-13(12)18)10-21-15(22)11-7-8-14(20-9-11)16(23)19-2/h3-9,24H,10H2,1-2H3,(H,19,23)(H,21,22)/t17-/m1/s1. The number of rotatable bonds is 5. The van der Waals surface area contributed by atoms with Crippen LogP contribution in [-0.4, -0.2) is 35.5 Å². The van der Waals surface area contributed by atoms with E-state index in [2.05, 4.69) is 31.5 Å². The molecule has 2 amide bonds. The third kappa shape index (κ3) is 4.18. The first-order valence-electron chi connectivity index (χ1n) is 7.29. The third-order valence-corrected chi connectivity index (χ3v) is 4.22. The minimum Gasteiger partial charge on any atom is -0.384 e. The molecule has 0 fully saturated rings. The van der Waals surface area contributed by atoms with Crippen molar-refractivity contribution in [2.24, 2.45) is 0 Å². The smallest absolute Gasteiger partial charge is 0.269 e. The monoisotopic (exact) mass is 391 g/mol. The second-order valence-electron chi connectivity index (χ2n) is 5.45. The Labute approximate surface area is 148 Å². The van der Waals surface area contributed by atoms with Gasteiger partial charge in [0.25, 0.3) is 11.8 Å². The first kappa shape index (κ1) is 18.1. The highest BCUT2D eigenvalue weighted by Crippen LogP contribution is 2.27. The minimum atomic E-state index is -1.23. The van der Waals surface area contributed by atoms with E-state index < -0.39 is 5.60 Å². The summed E-state index contributed by atoms with van der Waals surface area (Å²) in [7, 11) is 1.51. The summed E-state index contributed by atoms with van der Waals surface area (Å²) < 4.78 is 0.765. The van der Waals surface area contributed by atoms with Crippen molar-refractivity contribution in [1.82, 2.24) is 15.6 Å². The van der Waals surface area contributed by atoms with Crippen molar-refractivity contribution in [1.29, 1.82) is 0 Å². The Bertz CT molecular complexity index is 745. The van der Waals surface area contributed by atoms with Gasteiger partial charge in [0.15, 0.2) is 0 Å². The molecule has 3 N–H and O–H groups in total. The zero-order valence-electron chi connectivity index (χ0n) is 13.3. The van der Waals surface area contributed by atoms with E-state index in [1.807, 2.05) is 18.2 Å². The molecule has 126 valence electrons. The second-order valence-corrected chi connectivity index (χ2v) is 6.30. The molecule has 1 atom stereocenters. The van der Waals surface area contributed by atoms with Crippen LogP contribution in [0.15, 0.2) is 47.1 Å². The van der Waals surface area contributed by atoms with E-state index >= 15 is 0 Å². The van der Waals surface area contributed by atoms with E-state index in [0.717, 1.165) is 4.47 Å². The summed E-state index contributed by atoms with van der Waals surface area (Å²) >= 11 is 3.39. The van der Waals surface area contributed by atoms with Crippen molar-refractivity contribution in [3.63, 3.8) is 0 Å². The lowest BCUT2D eigenvalue weighted by atomic mass is 9.96. The Morgan fingerprint density at radius 1 is 1.21 bits per heavy atom. The Kier molecular flexibility index (Phi) is 5.69. The van der Waals surface area contributed by atoms with Crippen molar-refractivity contribution in [2.75, 3.05) is 13.6 Å². The molecule has 2 rings (SSSR count). The van der Waals surface area contributed by atoms with Crippen LogP contribution in [0.3, 0.4) is 0 Å². The summed E-state index contributed by atoms with van der Waals surface area (Å²) in [5.41, 5.74) is -0.0103. The average molecular weight is 392 g/mol. The number of carbonyl (C=O) groups excluding carboxylic acids is 2. The summed E-state index contributed by atoms with van der Waals surface area (Å²) in [6.07, 6.45) is 1.33. The molecular formula is C17H18BrN3O3. The highest BCUT2D eigenvalue weighted by molar-refractivity contribution is 9.10. The van der Waals surface area contributed by atoms with Crippen LogP contribution in [0.25, 0.3) is 0 Å². The zero-order valence-corrected chi connectivity index (χ0v) is 14.9. The van der Waals surface area contributed by atoms with E-state index in [9.17, 15) is 14.7 Å². The number of hydrogen-bond acceptors (Lipinski definition) is 4. The van der Waals surface area contributed by atoms with E-state index in [1.165, 1.54) is 25.4 Å². The molecule has 1 heterocycles. The maximum atomic E-state index is 12.2. The number of amides is 2. The van der Waals surface area contributed by atoms with Crippen LogP contribution in [0.5, 0.6) is 0 Å². The molecule has 0 saturated heterocycles. The molecule has 24 heavy (non-hydrogen) atoms. The number of carbonyl (C=O) groups is 2. The van der Waals surface area contributed by atoms with Gasteiger partial charge in [0.1, 0.15) is 11.3 Å². The maximum absolute atomic E-state index is 12.2. The predicted molar refractivity (Wildman–Crippen MR) is 93.7 cm³/mol. The molecule has 0 bridgehead atoms. The summed E-state index contributed by atoms with van der Waals surface area (Å²) in [6.45, 7) is 1.66. The second kappa shape index (κ2) is 7.55. The van der Waals surface area contributed by atoms with Gasteiger partial charge in [0.05, 0.1) is 12.1 Å². The lowest BCUT2D eigenvalue weighted by Crippen LogP contribution is -2.38. The molecule has 0 spiro atoms. The van der Waals surface area contributed by atoms with Crippen LogP contribution < -0.4 is 10.6 Å². The zero-order chi connectivity index (χ0) is 17.7. The molecule has 0 aliphatic carbocycles. The van der Waals surface area contributed by atoms with Crippen molar-refractivity contribution < 1.29 is 14.7 Å². The van der Waals surface area contributed by atoms with Crippen LogP contribution in [0.1, 0.15) is 33.3 Å². The van der Waals surface area contributed by atoms with Gasteiger partial charge in [0.2, 0.25) is 0 Å². The quantitative estimate of drug-likeness (QED) is 0.724. The fraction of sp³-hybridized carbons (Fsp3) is 0.235. The normalized spacial score (nSPS) is 13.0. The molecule has 1 aromatic heterocycles. The molecule has 0 radical (unpaired) electrons. The molecule has 2 aromatic rings. The van der Waals surface area contributed by atoms with Gasteiger partial charge in [-0.15, -0.1) is 0 Å². The van der Waals surface area contributed by atoms with Crippen molar-refractivity contribution in [3.8, 4) is 0 Å². The first-order valence-corrected chi connectivity index (χ1v) is 8.08. The molecule has 0 aliphatic rings. The number of halogens is 1. The largest absolute Gasteiger partial charge is 0.384 e. The number of aromatic nitrogens is 1. The average Bonchev–Trinajstić information content (AvgIpc) is 2.59. The van der Waals surface area contributed by atoms with Gasteiger partial charge in [0, 0.05) is 17.7 Å². The summed E-state index contributed by atoms with van der Waals surface area (Å²) in [4.78, 5) is 27.6. The number of aliphatic hydroxyl groups is 1. The van der Waals surface area contributed by atoms with E-state index in [0.29, 0.717) is 11.1 Å². The lowest BCUT2D eigenvalue weighted by molar-refractivity contribution is 0.0520. The maximum Gasteiger partial charge on any atom is 0.269 e. The SMILES string of the molecule is CNC(=O)c1ccc(C(=O)NC[C@@](C)(O)c2ccccc2Br)cn1. The van der Waals surface area contributed by atoms with E-state index in [1.54, 1.807) is 13.0 Å². The Morgan fingerprint density at radius 2 is 1.92 bits per heavy atom. The Hall–Kier alpha value is -2.25. The van der Waals surface area contributed by atoms with Gasteiger partial charge < -0.3 is 15.7 Å². The molecule has 0 unspecified atom stereocenters. The predicted octanol–water partition coefficient (Wildman–Crippen LogP) is 1.84. The third-order valence-electron chi connectivity index (χ3n) is 3.53. The molecule has 6 nitrogen and oxygen atoms in total. The number of benzene rings is 1. The Balaban J connectivity index is 2.05. The number of nitrogens with zero attached hydrogens (tertiary/aromatic N) is 1. The summed E-state index contributed by atoms with van der Waals surface area (Å²) in [6, 6.07) is 10.3. The van der Waals surface area contributed by atoms with Crippen LogP contribution in [0.4, 0.5) is 0 Å². The van der Waals surface area contributed by atoms with Gasteiger partial charge >= 0.3 is 0 Å². The molecule has 7 heteroatoms. The highest BCUT2D eigenvalue weighted by Gasteiger charge is 2.26.